The molecule has 1 aromatic heterocycles. The van der Waals surface area contributed by atoms with Crippen molar-refractivity contribution in [3.63, 3.8) is 0 Å². The minimum atomic E-state index is 0.666. The Hall–Kier alpha value is -5.93. The molecule has 48 heavy (non-hydrogen) atoms. The predicted molar refractivity (Wildman–Crippen MR) is 203 cm³/mol. The summed E-state index contributed by atoms with van der Waals surface area (Å²) >= 11 is 0. The lowest BCUT2D eigenvalue weighted by Crippen LogP contribution is -2.01. The van der Waals surface area contributed by atoms with Crippen LogP contribution >= 0.6 is 0 Å². The molecule has 0 aliphatic carbocycles. The number of hydrogen-bond donors (Lipinski definition) is 0. The lowest BCUT2D eigenvalue weighted by molar-refractivity contribution is 1.08. The smallest absolute Gasteiger partial charge is 0.164 e. The van der Waals surface area contributed by atoms with Crippen molar-refractivity contribution >= 4 is 53.9 Å². The van der Waals surface area contributed by atoms with Crippen molar-refractivity contribution < 1.29 is 0 Å². The summed E-state index contributed by atoms with van der Waals surface area (Å²) < 4.78 is 0. The van der Waals surface area contributed by atoms with Crippen LogP contribution in [0.2, 0.25) is 0 Å². The van der Waals surface area contributed by atoms with E-state index in [1.807, 2.05) is 0 Å². The Labute approximate surface area is 279 Å². The fourth-order valence-corrected chi connectivity index (χ4v) is 7.45. The summed E-state index contributed by atoms with van der Waals surface area (Å²) in [7, 11) is 0. The number of aryl methyl sites for hydroxylation is 4. The highest BCUT2D eigenvalue weighted by atomic mass is 15.0. The van der Waals surface area contributed by atoms with E-state index in [2.05, 4.69) is 155 Å². The zero-order chi connectivity index (χ0) is 32.5. The molecule has 228 valence electrons. The van der Waals surface area contributed by atoms with Crippen molar-refractivity contribution in [3.05, 3.63) is 150 Å². The molecule has 0 saturated heterocycles. The van der Waals surface area contributed by atoms with Gasteiger partial charge in [0.1, 0.15) is 0 Å². The first-order valence-corrected chi connectivity index (χ1v) is 16.5. The van der Waals surface area contributed by atoms with Crippen LogP contribution in [0, 0.1) is 27.7 Å². The van der Waals surface area contributed by atoms with Crippen LogP contribution in [0.15, 0.2) is 127 Å². The second-order valence-electron chi connectivity index (χ2n) is 13.0. The topological polar surface area (TPSA) is 38.7 Å². The number of hydrogen-bond acceptors (Lipinski definition) is 3. The normalized spacial score (nSPS) is 11.8. The van der Waals surface area contributed by atoms with E-state index in [0.29, 0.717) is 17.5 Å². The van der Waals surface area contributed by atoms with Crippen LogP contribution < -0.4 is 0 Å². The summed E-state index contributed by atoms with van der Waals surface area (Å²) in [5, 5.41) is 12.4. The van der Waals surface area contributed by atoms with Crippen LogP contribution in [0.4, 0.5) is 0 Å². The lowest BCUT2D eigenvalue weighted by Gasteiger charge is -2.15. The van der Waals surface area contributed by atoms with Gasteiger partial charge in [0.25, 0.3) is 0 Å². The van der Waals surface area contributed by atoms with Crippen molar-refractivity contribution in [1.82, 2.24) is 15.0 Å². The molecule has 0 spiro atoms. The molecule has 1 heterocycles. The molecule has 0 aliphatic rings. The summed E-state index contributed by atoms with van der Waals surface area (Å²) in [5.74, 6) is 2.00. The van der Waals surface area contributed by atoms with Gasteiger partial charge in [0.05, 0.1) is 0 Å². The van der Waals surface area contributed by atoms with E-state index in [9.17, 15) is 0 Å². The zero-order valence-corrected chi connectivity index (χ0v) is 27.5. The van der Waals surface area contributed by atoms with Crippen LogP contribution in [0.1, 0.15) is 22.3 Å². The minimum absolute atomic E-state index is 0.666. The van der Waals surface area contributed by atoms with E-state index in [4.69, 9.17) is 15.0 Å². The number of fused-ring (bicyclic) bond motifs is 7. The first-order chi connectivity index (χ1) is 23.4. The van der Waals surface area contributed by atoms with E-state index >= 15 is 0 Å². The van der Waals surface area contributed by atoms with Gasteiger partial charge in [0, 0.05) is 16.7 Å². The fourth-order valence-electron chi connectivity index (χ4n) is 7.45. The maximum absolute atomic E-state index is 5.18. The largest absolute Gasteiger partial charge is 0.208 e. The molecule has 0 atom stereocenters. The summed E-state index contributed by atoms with van der Waals surface area (Å²) in [6.07, 6.45) is 0. The van der Waals surface area contributed by atoms with E-state index < -0.39 is 0 Å². The molecule has 0 radical (unpaired) electrons. The average molecular weight is 616 g/mol. The van der Waals surface area contributed by atoms with Gasteiger partial charge in [-0.1, -0.05) is 109 Å². The standard InChI is InChI=1S/C45H33N3/c1-26-28(3)41-24-33(19-21-39(41)37-15-9-7-13-35(26)37)44-46-43(32-18-17-30-11-5-6-12-31(30)23-32)47-45(48-44)34-20-22-40-38-16-10-8-14-36(38)27(2)29(4)42(40)25-34/h5-25H,1-4H3. The Morgan fingerprint density at radius 1 is 0.292 bits per heavy atom. The Bertz CT molecular complexity index is 2630. The SMILES string of the molecule is Cc1c(C)c2cc(-c3nc(-c4ccc5ccccc5c4)nc(-c4ccc5c(c4)c(C)c(C)c4ccccc45)n3)ccc2c2ccccc12. The average Bonchev–Trinajstić information content (AvgIpc) is 3.15. The van der Waals surface area contributed by atoms with E-state index in [0.717, 1.165) is 22.1 Å². The van der Waals surface area contributed by atoms with Gasteiger partial charge in [0.15, 0.2) is 17.5 Å². The van der Waals surface area contributed by atoms with Gasteiger partial charge in [-0.2, -0.15) is 0 Å². The van der Waals surface area contributed by atoms with Crippen molar-refractivity contribution in [1.29, 1.82) is 0 Å². The Morgan fingerprint density at radius 2 is 0.646 bits per heavy atom. The van der Waals surface area contributed by atoms with Crippen molar-refractivity contribution in [2.24, 2.45) is 0 Å². The summed E-state index contributed by atoms with van der Waals surface area (Å²) in [4.78, 5) is 15.5. The zero-order valence-electron chi connectivity index (χ0n) is 27.5. The van der Waals surface area contributed by atoms with Crippen LogP contribution in [0.5, 0.6) is 0 Å². The number of nitrogens with zero attached hydrogens (tertiary/aromatic N) is 3. The van der Waals surface area contributed by atoms with Crippen LogP contribution in [0.25, 0.3) is 88.0 Å². The molecule has 9 aromatic rings. The molecular weight excluding hydrogens is 583 g/mol. The van der Waals surface area contributed by atoms with Gasteiger partial charge >= 0.3 is 0 Å². The highest BCUT2D eigenvalue weighted by Crippen LogP contribution is 2.37. The van der Waals surface area contributed by atoms with Crippen LogP contribution in [-0.2, 0) is 0 Å². The Balaban J connectivity index is 1.29. The third-order valence-corrected chi connectivity index (χ3v) is 10.4. The molecular formula is C45H33N3. The van der Waals surface area contributed by atoms with E-state index in [-0.39, 0.29) is 0 Å². The first-order valence-electron chi connectivity index (χ1n) is 16.5. The molecule has 3 nitrogen and oxygen atoms in total. The first kappa shape index (κ1) is 28.3. The third kappa shape index (κ3) is 4.39. The molecule has 0 unspecified atom stereocenters. The Morgan fingerprint density at radius 3 is 1.15 bits per heavy atom. The van der Waals surface area contributed by atoms with Crippen LogP contribution in [-0.4, -0.2) is 15.0 Å². The lowest BCUT2D eigenvalue weighted by atomic mass is 9.92. The Kier molecular flexibility index (Phi) is 6.38. The predicted octanol–water partition coefficient (Wildman–Crippen LogP) is 11.9. The maximum atomic E-state index is 5.18. The van der Waals surface area contributed by atoms with Gasteiger partial charge in [0.2, 0.25) is 0 Å². The third-order valence-electron chi connectivity index (χ3n) is 10.4. The maximum Gasteiger partial charge on any atom is 0.164 e. The number of rotatable bonds is 3. The fraction of sp³-hybridized carbons (Fsp3) is 0.0889. The molecule has 0 fully saturated rings. The quantitative estimate of drug-likeness (QED) is 0.186. The number of aromatic nitrogens is 3. The van der Waals surface area contributed by atoms with Gasteiger partial charge in [-0.3, -0.25) is 0 Å². The highest BCUT2D eigenvalue weighted by molar-refractivity contribution is 6.12. The number of benzene rings is 8. The molecule has 0 amide bonds. The second-order valence-corrected chi connectivity index (χ2v) is 13.0. The monoisotopic (exact) mass is 615 g/mol. The highest BCUT2D eigenvalue weighted by Gasteiger charge is 2.17. The molecule has 3 heteroatoms. The van der Waals surface area contributed by atoms with Gasteiger partial charge < -0.3 is 0 Å². The van der Waals surface area contributed by atoms with Gasteiger partial charge in [-0.25, -0.2) is 15.0 Å². The van der Waals surface area contributed by atoms with Crippen molar-refractivity contribution in [2.75, 3.05) is 0 Å². The summed E-state index contributed by atoms with van der Waals surface area (Å²) in [6, 6.07) is 45.5. The molecule has 0 N–H and O–H groups in total. The molecule has 0 saturated carbocycles. The summed E-state index contributed by atoms with van der Waals surface area (Å²) in [5.41, 5.74) is 8.09. The van der Waals surface area contributed by atoms with Crippen molar-refractivity contribution in [3.8, 4) is 34.2 Å². The van der Waals surface area contributed by atoms with Gasteiger partial charge in [-0.15, -0.1) is 0 Å². The van der Waals surface area contributed by atoms with E-state index in [1.54, 1.807) is 0 Å². The molecule has 0 aliphatic heterocycles. The van der Waals surface area contributed by atoms with Gasteiger partial charge in [-0.05, 0) is 122 Å². The summed E-state index contributed by atoms with van der Waals surface area (Å²) in [6.45, 7) is 8.87. The molecule has 8 aromatic carbocycles. The van der Waals surface area contributed by atoms with Crippen molar-refractivity contribution in [2.45, 2.75) is 27.7 Å². The van der Waals surface area contributed by atoms with E-state index in [1.165, 1.54) is 70.7 Å². The van der Waals surface area contributed by atoms with Crippen LogP contribution in [0.3, 0.4) is 0 Å². The molecule has 0 bridgehead atoms. The molecule has 9 rings (SSSR count). The minimum Gasteiger partial charge on any atom is -0.208 e. The second kappa shape index (κ2) is 10.8.